The largest absolute Gasteiger partial charge is 0.289 e. The standard InChI is InChI=1S/C20H23O2P/c1-5-8-18(23-22)16-9-6-7-10-17(16)20(21)19-14(3)11-13(2)12-15(19)4/h6-7,9-12,18H,5,8H2,1-4H3. The first-order valence-electron chi connectivity index (χ1n) is 8.03. The quantitative estimate of drug-likeness (QED) is 0.483. The molecule has 0 saturated heterocycles. The molecule has 0 fully saturated rings. The van der Waals surface area contributed by atoms with E-state index in [1.54, 1.807) is 0 Å². The molecule has 0 bridgehead atoms. The minimum absolute atomic E-state index is 0.0281. The minimum Gasteiger partial charge on any atom is -0.289 e. The average molecular weight is 326 g/mol. The monoisotopic (exact) mass is 326 g/mol. The molecule has 23 heavy (non-hydrogen) atoms. The number of rotatable bonds is 6. The highest BCUT2D eigenvalue weighted by atomic mass is 31.1. The molecule has 1 unspecified atom stereocenters. The Morgan fingerprint density at radius 2 is 1.70 bits per heavy atom. The van der Waals surface area contributed by atoms with Gasteiger partial charge < -0.3 is 0 Å². The molecule has 0 aliphatic heterocycles. The number of benzene rings is 2. The Morgan fingerprint density at radius 3 is 2.26 bits per heavy atom. The molecule has 3 heteroatoms. The molecule has 0 N–H and O–H groups in total. The summed E-state index contributed by atoms with van der Waals surface area (Å²) in [6.45, 7) is 8.06. The van der Waals surface area contributed by atoms with E-state index in [0.717, 1.165) is 40.7 Å². The third kappa shape index (κ3) is 3.76. The maximum absolute atomic E-state index is 13.1. The fourth-order valence-corrected chi connectivity index (χ4v) is 3.91. The van der Waals surface area contributed by atoms with E-state index in [9.17, 15) is 9.36 Å². The van der Waals surface area contributed by atoms with Crippen molar-refractivity contribution in [3.63, 3.8) is 0 Å². The summed E-state index contributed by atoms with van der Waals surface area (Å²) in [6.07, 6.45) is 1.74. The molecule has 2 aromatic carbocycles. The van der Waals surface area contributed by atoms with Crippen LogP contribution in [0.5, 0.6) is 0 Å². The van der Waals surface area contributed by atoms with Crippen LogP contribution in [0, 0.1) is 20.8 Å². The lowest BCUT2D eigenvalue weighted by molar-refractivity contribution is 0.103. The number of carbonyl (C=O) groups excluding carboxylic acids is 1. The van der Waals surface area contributed by atoms with Crippen molar-refractivity contribution in [2.24, 2.45) is 0 Å². The Balaban J connectivity index is 2.55. The van der Waals surface area contributed by atoms with Gasteiger partial charge in [0.25, 0.3) is 0 Å². The predicted molar refractivity (Wildman–Crippen MR) is 95.8 cm³/mol. The third-order valence-electron chi connectivity index (χ3n) is 4.16. The molecule has 0 amide bonds. The zero-order valence-corrected chi connectivity index (χ0v) is 15.1. The van der Waals surface area contributed by atoms with E-state index < -0.39 is 0 Å². The van der Waals surface area contributed by atoms with E-state index >= 15 is 0 Å². The summed E-state index contributed by atoms with van der Waals surface area (Å²) in [6, 6.07) is 11.6. The molecule has 0 aliphatic rings. The lowest BCUT2D eigenvalue weighted by Gasteiger charge is -2.16. The van der Waals surface area contributed by atoms with Gasteiger partial charge in [-0.05, 0) is 43.9 Å². The second-order valence-electron chi connectivity index (χ2n) is 6.10. The van der Waals surface area contributed by atoms with Gasteiger partial charge in [0.05, 0.1) is 5.66 Å². The molecule has 0 saturated carbocycles. The van der Waals surface area contributed by atoms with Crippen molar-refractivity contribution in [2.75, 3.05) is 0 Å². The number of ketones is 1. The lowest BCUT2D eigenvalue weighted by atomic mass is 9.90. The smallest absolute Gasteiger partial charge is 0.193 e. The number of aryl methyl sites for hydroxylation is 3. The third-order valence-corrected chi connectivity index (χ3v) is 4.95. The molecule has 0 aromatic heterocycles. The van der Waals surface area contributed by atoms with Gasteiger partial charge in [-0.1, -0.05) is 55.3 Å². The van der Waals surface area contributed by atoms with Gasteiger partial charge in [0.15, 0.2) is 14.2 Å². The van der Waals surface area contributed by atoms with Crippen LogP contribution in [0.2, 0.25) is 0 Å². The lowest BCUT2D eigenvalue weighted by Crippen LogP contribution is -2.10. The Morgan fingerprint density at radius 1 is 1.09 bits per heavy atom. The van der Waals surface area contributed by atoms with Gasteiger partial charge in [0.1, 0.15) is 0 Å². The first-order chi connectivity index (χ1) is 11.0. The molecule has 0 spiro atoms. The van der Waals surface area contributed by atoms with E-state index in [4.69, 9.17) is 0 Å². The molecule has 0 aliphatic carbocycles. The predicted octanol–water partition coefficient (Wildman–Crippen LogP) is 5.98. The summed E-state index contributed by atoms with van der Waals surface area (Å²) in [5.41, 5.74) is 5.35. The molecule has 0 heterocycles. The number of hydrogen-bond donors (Lipinski definition) is 0. The first-order valence-corrected chi connectivity index (χ1v) is 8.91. The molecule has 2 nitrogen and oxygen atoms in total. The molecule has 120 valence electrons. The van der Waals surface area contributed by atoms with E-state index in [0.29, 0.717) is 5.56 Å². The molecular weight excluding hydrogens is 303 g/mol. The zero-order valence-electron chi connectivity index (χ0n) is 14.2. The second-order valence-corrected chi connectivity index (χ2v) is 6.93. The maximum atomic E-state index is 13.1. The van der Waals surface area contributed by atoms with Gasteiger partial charge in [-0.2, -0.15) is 0 Å². The van der Waals surface area contributed by atoms with Crippen molar-refractivity contribution in [3.8, 4) is 0 Å². The highest BCUT2D eigenvalue weighted by Gasteiger charge is 2.22. The van der Waals surface area contributed by atoms with Crippen molar-refractivity contribution in [1.29, 1.82) is 0 Å². The Labute approximate surface area is 140 Å². The van der Waals surface area contributed by atoms with Crippen molar-refractivity contribution in [1.82, 2.24) is 0 Å². The average Bonchev–Trinajstić information content (AvgIpc) is 2.51. The summed E-state index contributed by atoms with van der Waals surface area (Å²) >= 11 is 0. The van der Waals surface area contributed by atoms with Gasteiger partial charge >= 0.3 is 0 Å². The highest BCUT2D eigenvalue weighted by molar-refractivity contribution is 7.24. The van der Waals surface area contributed by atoms with Crippen LogP contribution in [-0.2, 0) is 4.57 Å². The van der Waals surface area contributed by atoms with Crippen LogP contribution < -0.4 is 0 Å². The number of carbonyl (C=O) groups is 1. The minimum atomic E-state index is -0.119. The van der Waals surface area contributed by atoms with Crippen LogP contribution in [0.25, 0.3) is 0 Å². The van der Waals surface area contributed by atoms with Gasteiger partial charge in [0.2, 0.25) is 0 Å². The van der Waals surface area contributed by atoms with E-state index in [1.807, 2.05) is 57.2 Å². The maximum Gasteiger partial charge on any atom is 0.193 e. The van der Waals surface area contributed by atoms with Gasteiger partial charge in [0, 0.05) is 11.1 Å². The fourth-order valence-electron chi connectivity index (χ4n) is 3.21. The SMILES string of the molecule is CCCC(P=O)c1ccccc1C(=O)c1c(C)cc(C)cc1C. The van der Waals surface area contributed by atoms with Gasteiger partial charge in [-0.25, -0.2) is 0 Å². The van der Waals surface area contributed by atoms with Crippen LogP contribution in [0.1, 0.15) is 63.6 Å². The topological polar surface area (TPSA) is 34.1 Å². The summed E-state index contributed by atoms with van der Waals surface area (Å²) in [7, 11) is 0.0766. The normalized spacial score (nSPS) is 12.3. The summed E-state index contributed by atoms with van der Waals surface area (Å²) < 4.78 is 11.6. The Bertz CT molecular complexity index is 711. The molecule has 0 radical (unpaired) electrons. The van der Waals surface area contributed by atoms with Crippen molar-refractivity contribution >= 4 is 14.2 Å². The Hall–Kier alpha value is -1.79. The summed E-state index contributed by atoms with van der Waals surface area (Å²) in [5, 5.41) is 0. The van der Waals surface area contributed by atoms with E-state index in [-0.39, 0.29) is 19.9 Å². The van der Waals surface area contributed by atoms with Crippen LogP contribution in [0.15, 0.2) is 36.4 Å². The fraction of sp³-hybridized carbons (Fsp3) is 0.350. The number of hydrogen-bond acceptors (Lipinski definition) is 2. The summed E-state index contributed by atoms with van der Waals surface area (Å²) in [5.74, 6) is 0.0281. The molecule has 2 rings (SSSR count). The van der Waals surface area contributed by atoms with Crippen molar-refractivity contribution in [2.45, 2.75) is 46.2 Å². The Kier molecular flexibility index (Phi) is 5.85. The summed E-state index contributed by atoms with van der Waals surface area (Å²) in [4.78, 5) is 13.1. The van der Waals surface area contributed by atoms with Gasteiger partial charge in [-0.15, -0.1) is 0 Å². The van der Waals surface area contributed by atoms with Crippen molar-refractivity contribution in [3.05, 3.63) is 69.8 Å². The van der Waals surface area contributed by atoms with Gasteiger partial charge in [-0.3, -0.25) is 9.36 Å². The first kappa shape index (κ1) is 17.6. The molecule has 2 aromatic rings. The highest BCUT2D eigenvalue weighted by Crippen LogP contribution is 2.35. The van der Waals surface area contributed by atoms with E-state index in [2.05, 4.69) is 6.92 Å². The van der Waals surface area contributed by atoms with Crippen LogP contribution in [-0.4, -0.2) is 5.78 Å². The zero-order chi connectivity index (χ0) is 17.0. The second kappa shape index (κ2) is 7.66. The van der Waals surface area contributed by atoms with Crippen LogP contribution in [0.4, 0.5) is 0 Å². The van der Waals surface area contributed by atoms with E-state index in [1.165, 1.54) is 0 Å². The molecule has 1 atom stereocenters. The molecular formula is C20H23O2P. The van der Waals surface area contributed by atoms with Crippen LogP contribution >= 0.6 is 8.46 Å². The van der Waals surface area contributed by atoms with Crippen molar-refractivity contribution < 1.29 is 9.36 Å². The van der Waals surface area contributed by atoms with Crippen LogP contribution in [0.3, 0.4) is 0 Å².